The van der Waals surface area contributed by atoms with Gasteiger partial charge >= 0.3 is 0 Å². The smallest absolute Gasteiger partial charge is 0.146 e. The molecule has 0 radical (unpaired) electrons. The molecular weight excluding hydrogens is 188 g/mol. The molecule has 0 fully saturated rings. The van der Waals surface area contributed by atoms with Crippen LogP contribution >= 0.6 is 0 Å². The molecule has 0 aliphatic carbocycles. The lowest BCUT2D eigenvalue weighted by molar-refractivity contribution is 0.0123. The molecule has 1 aromatic rings. The number of benzene rings is 1. The Hall–Kier alpha value is -1.28. The first-order valence-corrected chi connectivity index (χ1v) is 5.38. The summed E-state index contributed by atoms with van der Waals surface area (Å²) in [5.41, 5.74) is -0.0433. The summed E-state index contributed by atoms with van der Waals surface area (Å²) in [7, 11) is 0. The fraction of sp³-hybridized carbons (Fsp3) is 0.385. The lowest BCUT2D eigenvalue weighted by atomic mass is 9.89. The van der Waals surface area contributed by atoms with Crippen molar-refractivity contribution >= 4 is 0 Å². The molecule has 1 unspecified atom stereocenters. The lowest BCUT2D eigenvalue weighted by Gasteiger charge is -2.28. The minimum absolute atomic E-state index is 0.628. The Labute approximate surface area is 90.2 Å². The van der Waals surface area contributed by atoms with Crippen LogP contribution in [0.5, 0.6) is 0 Å². The van der Waals surface area contributed by atoms with Gasteiger partial charge in [-0.25, -0.2) is 0 Å². The number of hydrogen-bond donors (Lipinski definition) is 1. The van der Waals surface area contributed by atoms with Crippen molar-refractivity contribution in [1.82, 2.24) is 0 Å². The summed E-state index contributed by atoms with van der Waals surface area (Å²) in [6.07, 6.45) is 3.50. The minimum Gasteiger partial charge on any atom is -0.494 e. The normalized spacial score (nSPS) is 19.2. The summed E-state index contributed by atoms with van der Waals surface area (Å²) in [5.74, 6) is 0.705. The summed E-state index contributed by atoms with van der Waals surface area (Å²) >= 11 is 0. The predicted molar refractivity (Wildman–Crippen MR) is 59.3 cm³/mol. The van der Waals surface area contributed by atoms with Gasteiger partial charge in [-0.2, -0.15) is 0 Å². The second-order valence-electron chi connectivity index (χ2n) is 3.79. The molecule has 1 aliphatic heterocycles. The molecule has 2 rings (SSSR count). The Balaban J connectivity index is 2.37. The van der Waals surface area contributed by atoms with Gasteiger partial charge in [0, 0.05) is 6.42 Å². The molecule has 0 aromatic heterocycles. The second-order valence-corrected chi connectivity index (χ2v) is 3.79. The van der Waals surface area contributed by atoms with Gasteiger partial charge in [0.05, 0.1) is 6.61 Å². The van der Waals surface area contributed by atoms with E-state index in [0.717, 1.165) is 12.0 Å². The standard InChI is InChI=1S/C13H16O2/c1-2-13(14,12-9-6-10-15-12)11-7-4-3-5-8-11/h3-5,7-9,14H,2,6,10H2,1H3. The van der Waals surface area contributed by atoms with E-state index in [2.05, 4.69) is 0 Å². The van der Waals surface area contributed by atoms with Crippen molar-refractivity contribution in [1.29, 1.82) is 0 Å². The van der Waals surface area contributed by atoms with E-state index < -0.39 is 5.60 Å². The van der Waals surface area contributed by atoms with E-state index in [1.165, 1.54) is 0 Å². The first-order valence-electron chi connectivity index (χ1n) is 5.38. The fourth-order valence-corrected chi connectivity index (χ4v) is 1.94. The Kier molecular flexibility index (Phi) is 2.78. The zero-order chi connectivity index (χ0) is 10.7. The van der Waals surface area contributed by atoms with Crippen LogP contribution in [0.2, 0.25) is 0 Å². The van der Waals surface area contributed by atoms with Crippen LogP contribution in [0.4, 0.5) is 0 Å². The highest BCUT2D eigenvalue weighted by atomic mass is 16.5. The minimum atomic E-state index is -0.947. The molecule has 80 valence electrons. The third kappa shape index (κ3) is 1.77. The Bertz CT molecular complexity index is 356. The number of hydrogen-bond acceptors (Lipinski definition) is 2. The van der Waals surface area contributed by atoms with Gasteiger partial charge in [-0.05, 0) is 18.1 Å². The monoisotopic (exact) mass is 204 g/mol. The Morgan fingerprint density at radius 3 is 2.60 bits per heavy atom. The molecule has 2 nitrogen and oxygen atoms in total. The topological polar surface area (TPSA) is 29.5 Å². The van der Waals surface area contributed by atoms with Gasteiger partial charge in [0.25, 0.3) is 0 Å². The SMILES string of the molecule is CCC(O)(C1=CCCO1)c1ccccc1. The summed E-state index contributed by atoms with van der Waals surface area (Å²) in [5, 5.41) is 10.6. The lowest BCUT2D eigenvalue weighted by Crippen LogP contribution is -2.27. The molecule has 1 atom stereocenters. The number of ether oxygens (including phenoxy) is 1. The first kappa shape index (κ1) is 10.2. The highest BCUT2D eigenvalue weighted by molar-refractivity contribution is 5.30. The molecule has 0 amide bonds. The molecule has 1 heterocycles. The van der Waals surface area contributed by atoms with Crippen molar-refractivity contribution in [3.63, 3.8) is 0 Å². The van der Waals surface area contributed by atoms with E-state index in [-0.39, 0.29) is 0 Å². The number of rotatable bonds is 3. The highest BCUT2D eigenvalue weighted by Crippen LogP contribution is 2.35. The van der Waals surface area contributed by atoms with Gasteiger partial charge in [-0.1, -0.05) is 37.3 Å². The maximum Gasteiger partial charge on any atom is 0.146 e. The predicted octanol–water partition coefficient (Wildman–Crippen LogP) is 2.59. The molecule has 0 saturated heterocycles. The molecule has 2 heteroatoms. The van der Waals surface area contributed by atoms with Crippen molar-refractivity contribution in [2.24, 2.45) is 0 Å². The van der Waals surface area contributed by atoms with Crippen molar-refractivity contribution in [3.8, 4) is 0 Å². The Morgan fingerprint density at radius 1 is 1.33 bits per heavy atom. The van der Waals surface area contributed by atoms with Crippen molar-refractivity contribution < 1.29 is 9.84 Å². The van der Waals surface area contributed by atoms with E-state index in [1.54, 1.807) is 0 Å². The van der Waals surface area contributed by atoms with Gasteiger partial charge in [-0.3, -0.25) is 0 Å². The van der Waals surface area contributed by atoms with Crippen molar-refractivity contribution in [3.05, 3.63) is 47.7 Å². The molecule has 1 N–H and O–H groups in total. The molecule has 0 spiro atoms. The van der Waals surface area contributed by atoms with E-state index in [9.17, 15) is 5.11 Å². The van der Waals surface area contributed by atoms with E-state index in [0.29, 0.717) is 18.8 Å². The second kappa shape index (κ2) is 4.07. The maximum absolute atomic E-state index is 10.6. The van der Waals surface area contributed by atoms with Crippen LogP contribution in [0.1, 0.15) is 25.3 Å². The van der Waals surface area contributed by atoms with Gasteiger partial charge < -0.3 is 9.84 Å². The van der Waals surface area contributed by atoms with Crippen LogP contribution in [0, 0.1) is 0 Å². The zero-order valence-electron chi connectivity index (χ0n) is 8.94. The summed E-state index contributed by atoms with van der Waals surface area (Å²) in [4.78, 5) is 0. The first-order chi connectivity index (χ1) is 7.27. The van der Waals surface area contributed by atoms with E-state index >= 15 is 0 Å². The highest BCUT2D eigenvalue weighted by Gasteiger charge is 2.34. The third-order valence-electron chi connectivity index (χ3n) is 2.88. The van der Waals surface area contributed by atoms with Crippen LogP contribution in [0.25, 0.3) is 0 Å². The van der Waals surface area contributed by atoms with Crippen LogP contribution in [-0.4, -0.2) is 11.7 Å². The summed E-state index contributed by atoms with van der Waals surface area (Å²) in [6, 6.07) is 9.69. The van der Waals surface area contributed by atoms with Crippen LogP contribution < -0.4 is 0 Å². The molecule has 0 bridgehead atoms. The molecular formula is C13H16O2. The van der Waals surface area contributed by atoms with Gasteiger partial charge in [0.15, 0.2) is 0 Å². The quantitative estimate of drug-likeness (QED) is 0.820. The zero-order valence-corrected chi connectivity index (χ0v) is 8.94. The molecule has 1 aliphatic rings. The fourth-order valence-electron chi connectivity index (χ4n) is 1.94. The summed E-state index contributed by atoms with van der Waals surface area (Å²) < 4.78 is 5.47. The molecule has 1 aromatic carbocycles. The van der Waals surface area contributed by atoms with E-state index in [1.807, 2.05) is 43.3 Å². The average Bonchev–Trinajstić information content (AvgIpc) is 2.83. The van der Waals surface area contributed by atoms with Crippen LogP contribution in [-0.2, 0) is 10.3 Å². The largest absolute Gasteiger partial charge is 0.494 e. The Morgan fingerprint density at radius 2 is 2.07 bits per heavy atom. The maximum atomic E-state index is 10.6. The van der Waals surface area contributed by atoms with E-state index in [4.69, 9.17) is 4.74 Å². The van der Waals surface area contributed by atoms with Crippen molar-refractivity contribution in [2.75, 3.05) is 6.61 Å². The molecule has 0 saturated carbocycles. The summed E-state index contributed by atoms with van der Waals surface area (Å²) in [6.45, 7) is 2.65. The van der Waals surface area contributed by atoms with Gasteiger partial charge in [-0.15, -0.1) is 0 Å². The van der Waals surface area contributed by atoms with Crippen LogP contribution in [0.15, 0.2) is 42.2 Å². The van der Waals surface area contributed by atoms with Crippen molar-refractivity contribution in [2.45, 2.75) is 25.4 Å². The van der Waals surface area contributed by atoms with Gasteiger partial charge in [0.2, 0.25) is 0 Å². The average molecular weight is 204 g/mol. The van der Waals surface area contributed by atoms with Gasteiger partial charge in [0.1, 0.15) is 11.4 Å². The third-order valence-corrected chi connectivity index (χ3v) is 2.88. The number of aliphatic hydroxyl groups is 1. The van der Waals surface area contributed by atoms with Crippen LogP contribution in [0.3, 0.4) is 0 Å². The molecule has 15 heavy (non-hydrogen) atoms.